The fourth-order valence-corrected chi connectivity index (χ4v) is 2.63. The van der Waals surface area contributed by atoms with Crippen LogP contribution in [0.25, 0.3) is 0 Å². The molecule has 0 aliphatic heterocycles. The van der Waals surface area contributed by atoms with Crippen molar-refractivity contribution in [1.29, 1.82) is 5.26 Å². The minimum Gasteiger partial charge on any atom is -0.488 e. The van der Waals surface area contributed by atoms with Crippen LogP contribution in [0.4, 0.5) is 10.1 Å². The van der Waals surface area contributed by atoms with Gasteiger partial charge in [0.15, 0.2) is 0 Å². The van der Waals surface area contributed by atoms with Gasteiger partial charge in [-0.05, 0) is 48.0 Å². The van der Waals surface area contributed by atoms with Crippen molar-refractivity contribution in [3.63, 3.8) is 0 Å². The lowest BCUT2D eigenvalue weighted by molar-refractivity contribution is 0.102. The topological polar surface area (TPSA) is 62.1 Å². The summed E-state index contributed by atoms with van der Waals surface area (Å²) in [6.07, 6.45) is 0. The molecule has 0 aliphatic carbocycles. The summed E-state index contributed by atoms with van der Waals surface area (Å²) in [7, 11) is 0. The molecule has 1 amide bonds. The van der Waals surface area contributed by atoms with Gasteiger partial charge in [-0.2, -0.15) is 5.26 Å². The third-order valence-electron chi connectivity index (χ3n) is 3.79. The van der Waals surface area contributed by atoms with Crippen molar-refractivity contribution in [2.24, 2.45) is 0 Å². The van der Waals surface area contributed by atoms with Gasteiger partial charge in [-0.15, -0.1) is 0 Å². The van der Waals surface area contributed by atoms with E-state index in [0.717, 1.165) is 5.56 Å². The average molecular weight is 381 g/mol. The minimum atomic E-state index is -0.370. The molecule has 3 aromatic rings. The Hall–Kier alpha value is -3.36. The van der Waals surface area contributed by atoms with Crippen LogP contribution in [0, 0.1) is 17.1 Å². The van der Waals surface area contributed by atoms with E-state index in [0.29, 0.717) is 22.6 Å². The monoisotopic (exact) mass is 380 g/mol. The molecular formula is C21H14ClFN2O2. The number of hydrogen-bond acceptors (Lipinski definition) is 3. The van der Waals surface area contributed by atoms with Crippen LogP contribution in [0.5, 0.6) is 5.75 Å². The third-order valence-corrected chi connectivity index (χ3v) is 4.10. The summed E-state index contributed by atoms with van der Waals surface area (Å²) in [5, 5.41) is 11.9. The molecule has 0 aliphatic rings. The predicted molar refractivity (Wildman–Crippen MR) is 101 cm³/mol. The fraction of sp³-hybridized carbons (Fsp3) is 0.0476. The Labute approximate surface area is 160 Å². The van der Waals surface area contributed by atoms with Gasteiger partial charge in [-0.3, -0.25) is 4.79 Å². The molecule has 0 radical (unpaired) electrons. The molecule has 0 heterocycles. The number of rotatable bonds is 5. The zero-order valence-corrected chi connectivity index (χ0v) is 14.8. The van der Waals surface area contributed by atoms with Crippen LogP contribution in [0.2, 0.25) is 5.02 Å². The van der Waals surface area contributed by atoms with Gasteiger partial charge in [0.25, 0.3) is 5.91 Å². The van der Waals surface area contributed by atoms with E-state index < -0.39 is 0 Å². The zero-order valence-electron chi connectivity index (χ0n) is 14.1. The Morgan fingerprint density at radius 3 is 2.56 bits per heavy atom. The maximum Gasteiger partial charge on any atom is 0.259 e. The number of para-hydroxylation sites is 1. The number of carbonyl (C=O) groups excluding carboxylic acids is 1. The summed E-state index contributed by atoms with van der Waals surface area (Å²) in [5.74, 6) is -0.288. The molecule has 1 N–H and O–H groups in total. The van der Waals surface area contributed by atoms with Gasteiger partial charge in [0.2, 0.25) is 0 Å². The summed E-state index contributed by atoms with van der Waals surface area (Å²) in [4.78, 5) is 12.6. The number of hydrogen-bond donors (Lipinski definition) is 1. The van der Waals surface area contributed by atoms with Crippen LogP contribution in [-0.4, -0.2) is 5.91 Å². The molecule has 3 rings (SSSR count). The van der Waals surface area contributed by atoms with Crippen LogP contribution in [0.15, 0.2) is 66.7 Å². The Balaban J connectivity index is 1.74. The van der Waals surface area contributed by atoms with E-state index in [1.807, 2.05) is 6.07 Å². The highest BCUT2D eigenvalue weighted by Crippen LogP contribution is 2.24. The van der Waals surface area contributed by atoms with Crippen LogP contribution in [0.1, 0.15) is 21.5 Å². The van der Waals surface area contributed by atoms with Crippen LogP contribution >= 0.6 is 11.6 Å². The van der Waals surface area contributed by atoms with E-state index in [-0.39, 0.29) is 23.4 Å². The molecule has 0 spiro atoms. The molecule has 27 heavy (non-hydrogen) atoms. The Bertz CT molecular complexity index is 1010. The van der Waals surface area contributed by atoms with Crippen LogP contribution in [0.3, 0.4) is 0 Å². The molecule has 4 nitrogen and oxygen atoms in total. The maximum atomic E-state index is 13.0. The van der Waals surface area contributed by atoms with E-state index in [1.165, 1.54) is 24.3 Å². The number of benzene rings is 3. The average Bonchev–Trinajstić information content (AvgIpc) is 2.68. The summed E-state index contributed by atoms with van der Waals surface area (Å²) < 4.78 is 18.7. The van der Waals surface area contributed by atoms with E-state index in [4.69, 9.17) is 21.6 Å². The van der Waals surface area contributed by atoms with Crippen molar-refractivity contribution in [3.05, 3.63) is 94.3 Å². The Morgan fingerprint density at radius 2 is 1.85 bits per heavy atom. The van der Waals surface area contributed by atoms with Gasteiger partial charge in [-0.1, -0.05) is 35.9 Å². The first kappa shape index (κ1) is 18.4. The standard InChI is InChI=1S/C21H14ClFN2O2/c22-19-11-17(10-7-15(19)12-24)25-21(26)18-3-1-2-4-20(18)27-13-14-5-8-16(23)9-6-14/h1-11H,13H2,(H,25,26). The number of nitrogens with one attached hydrogen (secondary N) is 1. The van der Waals surface area contributed by atoms with E-state index >= 15 is 0 Å². The molecule has 0 bridgehead atoms. The molecule has 6 heteroatoms. The number of ether oxygens (including phenoxy) is 1. The molecule has 134 valence electrons. The zero-order chi connectivity index (χ0) is 19.2. The van der Waals surface area contributed by atoms with Crippen LogP contribution < -0.4 is 10.1 Å². The van der Waals surface area contributed by atoms with Crippen molar-refractivity contribution in [2.45, 2.75) is 6.61 Å². The van der Waals surface area contributed by atoms with Gasteiger partial charge in [-0.25, -0.2) is 4.39 Å². The van der Waals surface area contributed by atoms with E-state index in [9.17, 15) is 9.18 Å². The fourth-order valence-electron chi connectivity index (χ4n) is 2.40. The van der Waals surface area contributed by atoms with Crippen molar-refractivity contribution in [2.75, 3.05) is 5.32 Å². The summed E-state index contributed by atoms with van der Waals surface area (Å²) in [6, 6.07) is 19.4. The first-order valence-corrected chi connectivity index (χ1v) is 8.42. The second-order valence-corrected chi connectivity index (χ2v) is 6.08. The van der Waals surface area contributed by atoms with Gasteiger partial charge >= 0.3 is 0 Å². The molecule has 3 aromatic carbocycles. The molecule has 0 unspecified atom stereocenters. The normalized spacial score (nSPS) is 10.1. The number of anilines is 1. The van der Waals surface area contributed by atoms with Gasteiger partial charge in [0, 0.05) is 5.69 Å². The number of nitriles is 1. The van der Waals surface area contributed by atoms with Crippen molar-refractivity contribution in [3.8, 4) is 11.8 Å². The molecule has 0 aromatic heterocycles. The highest BCUT2D eigenvalue weighted by Gasteiger charge is 2.13. The smallest absolute Gasteiger partial charge is 0.259 e. The lowest BCUT2D eigenvalue weighted by atomic mass is 10.1. The predicted octanol–water partition coefficient (Wildman–Crippen LogP) is 5.18. The van der Waals surface area contributed by atoms with Gasteiger partial charge < -0.3 is 10.1 Å². The first-order chi connectivity index (χ1) is 13.1. The van der Waals surface area contributed by atoms with Gasteiger partial charge in [0.1, 0.15) is 24.2 Å². The molecule has 0 atom stereocenters. The molecule has 0 fully saturated rings. The van der Waals surface area contributed by atoms with E-state index in [2.05, 4.69) is 5.32 Å². The quantitative estimate of drug-likeness (QED) is 0.663. The summed E-state index contributed by atoms with van der Waals surface area (Å²) >= 11 is 5.99. The van der Waals surface area contributed by atoms with Crippen molar-refractivity contribution >= 4 is 23.2 Å². The second kappa shape index (κ2) is 8.35. The van der Waals surface area contributed by atoms with E-state index in [1.54, 1.807) is 42.5 Å². The Kier molecular flexibility index (Phi) is 5.70. The minimum absolute atomic E-state index is 0.202. The number of halogens is 2. The first-order valence-electron chi connectivity index (χ1n) is 8.04. The molecular weight excluding hydrogens is 367 g/mol. The SMILES string of the molecule is N#Cc1ccc(NC(=O)c2ccccc2OCc2ccc(F)cc2)cc1Cl. The summed E-state index contributed by atoms with van der Waals surface area (Å²) in [5.41, 5.74) is 1.93. The van der Waals surface area contributed by atoms with Crippen molar-refractivity contribution in [1.82, 2.24) is 0 Å². The van der Waals surface area contributed by atoms with Crippen LogP contribution in [-0.2, 0) is 6.61 Å². The number of carbonyl (C=O) groups is 1. The molecule has 0 saturated heterocycles. The lowest BCUT2D eigenvalue weighted by Gasteiger charge is -2.12. The highest BCUT2D eigenvalue weighted by molar-refractivity contribution is 6.32. The second-order valence-electron chi connectivity index (χ2n) is 5.67. The van der Waals surface area contributed by atoms with Crippen molar-refractivity contribution < 1.29 is 13.9 Å². The Morgan fingerprint density at radius 1 is 1.11 bits per heavy atom. The number of nitrogens with zero attached hydrogens (tertiary/aromatic N) is 1. The van der Waals surface area contributed by atoms with Gasteiger partial charge in [0.05, 0.1) is 16.1 Å². The molecule has 0 saturated carbocycles. The third kappa shape index (κ3) is 4.63. The maximum absolute atomic E-state index is 13.0. The lowest BCUT2D eigenvalue weighted by Crippen LogP contribution is -2.13. The highest BCUT2D eigenvalue weighted by atomic mass is 35.5. The largest absolute Gasteiger partial charge is 0.488 e. The summed E-state index contributed by atoms with van der Waals surface area (Å²) in [6.45, 7) is 0.202. The number of amides is 1.